The Morgan fingerprint density at radius 3 is 2.35 bits per heavy atom. The van der Waals surface area contributed by atoms with Crippen LogP contribution in [0.4, 0.5) is 0 Å². The molecule has 110 valence electrons. The Balaban J connectivity index is 1.87. The number of carbonyl (C=O) groups is 1. The summed E-state index contributed by atoms with van der Waals surface area (Å²) in [5, 5.41) is 0. The number of hydrogen-bond acceptors (Lipinski definition) is 2. The van der Waals surface area contributed by atoms with Gasteiger partial charge in [-0.3, -0.25) is 9.69 Å². The molecule has 1 aromatic rings. The standard InChI is InChI=1S/C18H27NO/c1-15(2)6-11-18(20)17-9-7-16(8-10-17)14-19-12-4-3-5-13-19/h7-10,15H,3-6,11-14H2,1-2H3. The minimum atomic E-state index is 0.281. The Morgan fingerprint density at radius 1 is 1.10 bits per heavy atom. The van der Waals surface area contributed by atoms with E-state index in [4.69, 9.17) is 0 Å². The predicted molar refractivity (Wildman–Crippen MR) is 84.0 cm³/mol. The first-order valence-electron chi connectivity index (χ1n) is 7.99. The molecule has 0 bridgehead atoms. The van der Waals surface area contributed by atoms with Gasteiger partial charge in [-0.05, 0) is 43.8 Å². The molecule has 2 heteroatoms. The minimum Gasteiger partial charge on any atom is -0.299 e. The largest absolute Gasteiger partial charge is 0.299 e. The molecule has 20 heavy (non-hydrogen) atoms. The van der Waals surface area contributed by atoms with Crippen molar-refractivity contribution in [1.82, 2.24) is 4.90 Å². The first-order valence-corrected chi connectivity index (χ1v) is 7.99. The van der Waals surface area contributed by atoms with E-state index < -0.39 is 0 Å². The molecule has 1 saturated heterocycles. The fourth-order valence-corrected chi connectivity index (χ4v) is 2.74. The molecule has 0 aromatic heterocycles. The Kier molecular flexibility index (Phi) is 5.78. The molecular formula is C18H27NO. The highest BCUT2D eigenvalue weighted by atomic mass is 16.1. The van der Waals surface area contributed by atoms with E-state index in [1.165, 1.54) is 37.9 Å². The van der Waals surface area contributed by atoms with Gasteiger partial charge in [0.05, 0.1) is 0 Å². The maximum Gasteiger partial charge on any atom is 0.162 e. The maximum atomic E-state index is 12.0. The number of benzene rings is 1. The monoisotopic (exact) mass is 273 g/mol. The molecule has 0 unspecified atom stereocenters. The van der Waals surface area contributed by atoms with Gasteiger partial charge in [-0.15, -0.1) is 0 Å². The average Bonchev–Trinajstić information content (AvgIpc) is 2.46. The van der Waals surface area contributed by atoms with Crippen LogP contribution in [0.2, 0.25) is 0 Å². The molecule has 1 heterocycles. The van der Waals surface area contributed by atoms with Crippen LogP contribution in [0.15, 0.2) is 24.3 Å². The quantitative estimate of drug-likeness (QED) is 0.721. The van der Waals surface area contributed by atoms with Crippen LogP contribution in [-0.2, 0) is 6.54 Å². The van der Waals surface area contributed by atoms with Gasteiger partial charge in [-0.1, -0.05) is 44.5 Å². The van der Waals surface area contributed by atoms with Crippen molar-refractivity contribution in [3.05, 3.63) is 35.4 Å². The second-order valence-electron chi connectivity index (χ2n) is 6.39. The first kappa shape index (κ1) is 15.2. The molecule has 0 N–H and O–H groups in total. The highest BCUT2D eigenvalue weighted by Gasteiger charge is 2.11. The number of hydrogen-bond donors (Lipinski definition) is 0. The Bertz CT molecular complexity index is 416. The molecule has 1 aliphatic rings. The molecule has 0 aliphatic carbocycles. The zero-order valence-corrected chi connectivity index (χ0v) is 12.9. The van der Waals surface area contributed by atoms with Gasteiger partial charge in [0.25, 0.3) is 0 Å². The lowest BCUT2D eigenvalue weighted by Gasteiger charge is -2.26. The summed E-state index contributed by atoms with van der Waals surface area (Å²) < 4.78 is 0. The van der Waals surface area contributed by atoms with Crippen LogP contribution >= 0.6 is 0 Å². The van der Waals surface area contributed by atoms with Crippen LogP contribution in [0, 0.1) is 5.92 Å². The van der Waals surface area contributed by atoms with Crippen molar-refractivity contribution in [3.8, 4) is 0 Å². The molecule has 2 nitrogen and oxygen atoms in total. The predicted octanol–water partition coefficient (Wildman–Crippen LogP) is 4.29. The molecular weight excluding hydrogens is 246 g/mol. The number of nitrogens with zero attached hydrogens (tertiary/aromatic N) is 1. The highest BCUT2D eigenvalue weighted by Crippen LogP contribution is 2.15. The number of Topliss-reactive ketones (excluding diaryl/α,β-unsaturated/α-hetero) is 1. The van der Waals surface area contributed by atoms with Gasteiger partial charge in [0.1, 0.15) is 0 Å². The fraction of sp³-hybridized carbons (Fsp3) is 0.611. The molecule has 0 atom stereocenters. The number of rotatable bonds is 6. The summed E-state index contributed by atoms with van der Waals surface area (Å²) in [7, 11) is 0. The van der Waals surface area contributed by atoms with Gasteiger partial charge in [0.2, 0.25) is 0 Å². The van der Waals surface area contributed by atoms with Crippen molar-refractivity contribution in [2.24, 2.45) is 5.92 Å². The van der Waals surface area contributed by atoms with Gasteiger partial charge in [0.15, 0.2) is 5.78 Å². The Hall–Kier alpha value is -1.15. The summed E-state index contributed by atoms with van der Waals surface area (Å²) >= 11 is 0. The molecule has 0 saturated carbocycles. The molecule has 0 radical (unpaired) electrons. The lowest BCUT2D eigenvalue weighted by atomic mass is 10.0. The summed E-state index contributed by atoms with van der Waals surface area (Å²) in [6.07, 6.45) is 5.68. The maximum absolute atomic E-state index is 12.0. The molecule has 1 fully saturated rings. The number of ketones is 1. The van der Waals surface area contributed by atoms with Gasteiger partial charge in [-0.2, -0.15) is 0 Å². The van der Waals surface area contributed by atoms with Gasteiger partial charge in [0, 0.05) is 18.5 Å². The third-order valence-corrected chi connectivity index (χ3v) is 4.08. The molecule has 0 amide bonds. The summed E-state index contributed by atoms with van der Waals surface area (Å²) in [5.74, 6) is 0.876. The van der Waals surface area contributed by atoms with E-state index in [-0.39, 0.29) is 5.78 Å². The van der Waals surface area contributed by atoms with Crippen LogP contribution in [0.3, 0.4) is 0 Å². The van der Waals surface area contributed by atoms with Crippen molar-refractivity contribution < 1.29 is 4.79 Å². The second-order valence-corrected chi connectivity index (χ2v) is 6.39. The van der Waals surface area contributed by atoms with Crippen LogP contribution in [0.1, 0.15) is 61.9 Å². The van der Waals surface area contributed by atoms with Crippen molar-refractivity contribution in [2.75, 3.05) is 13.1 Å². The molecule has 0 spiro atoms. The number of carbonyl (C=O) groups excluding carboxylic acids is 1. The van der Waals surface area contributed by atoms with E-state index >= 15 is 0 Å². The van der Waals surface area contributed by atoms with Crippen molar-refractivity contribution in [2.45, 2.75) is 52.5 Å². The molecule has 1 aliphatic heterocycles. The van der Waals surface area contributed by atoms with Gasteiger partial charge >= 0.3 is 0 Å². The summed E-state index contributed by atoms with van der Waals surface area (Å²) in [6, 6.07) is 8.25. The average molecular weight is 273 g/mol. The van der Waals surface area contributed by atoms with Crippen LogP contribution in [0.25, 0.3) is 0 Å². The van der Waals surface area contributed by atoms with Crippen LogP contribution in [-0.4, -0.2) is 23.8 Å². The molecule has 1 aromatic carbocycles. The van der Waals surface area contributed by atoms with Crippen LogP contribution < -0.4 is 0 Å². The van der Waals surface area contributed by atoms with E-state index in [1.54, 1.807) is 0 Å². The van der Waals surface area contributed by atoms with E-state index in [0.717, 1.165) is 18.5 Å². The van der Waals surface area contributed by atoms with Crippen molar-refractivity contribution in [1.29, 1.82) is 0 Å². The van der Waals surface area contributed by atoms with Crippen molar-refractivity contribution in [3.63, 3.8) is 0 Å². The van der Waals surface area contributed by atoms with E-state index in [1.807, 2.05) is 12.1 Å². The van der Waals surface area contributed by atoms with Crippen LogP contribution in [0.5, 0.6) is 0 Å². The van der Waals surface area contributed by atoms with E-state index in [9.17, 15) is 4.79 Å². The lowest BCUT2D eigenvalue weighted by Crippen LogP contribution is -2.29. The van der Waals surface area contributed by atoms with E-state index in [0.29, 0.717) is 12.3 Å². The van der Waals surface area contributed by atoms with Crippen molar-refractivity contribution >= 4 is 5.78 Å². The number of likely N-dealkylation sites (tertiary alicyclic amines) is 1. The zero-order valence-electron chi connectivity index (χ0n) is 12.9. The SMILES string of the molecule is CC(C)CCC(=O)c1ccc(CN2CCCCC2)cc1. The third kappa shape index (κ3) is 4.75. The second kappa shape index (κ2) is 7.58. The number of piperidine rings is 1. The summed E-state index contributed by atoms with van der Waals surface area (Å²) in [6.45, 7) is 7.79. The highest BCUT2D eigenvalue weighted by molar-refractivity contribution is 5.96. The fourth-order valence-electron chi connectivity index (χ4n) is 2.74. The van der Waals surface area contributed by atoms with Gasteiger partial charge in [-0.25, -0.2) is 0 Å². The first-order chi connectivity index (χ1) is 9.65. The zero-order chi connectivity index (χ0) is 14.4. The Labute approximate surface area is 123 Å². The minimum absolute atomic E-state index is 0.281. The normalized spacial score (nSPS) is 16.6. The third-order valence-electron chi connectivity index (χ3n) is 4.08. The summed E-state index contributed by atoms with van der Waals surface area (Å²) in [4.78, 5) is 14.6. The van der Waals surface area contributed by atoms with Gasteiger partial charge < -0.3 is 0 Å². The topological polar surface area (TPSA) is 20.3 Å². The Morgan fingerprint density at radius 2 is 1.75 bits per heavy atom. The van der Waals surface area contributed by atoms with E-state index in [2.05, 4.69) is 30.9 Å². The summed E-state index contributed by atoms with van der Waals surface area (Å²) in [5.41, 5.74) is 2.19. The molecule has 2 rings (SSSR count). The smallest absolute Gasteiger partial charge is 0.162 e. The lowest BCUT2D eigenvalue weighted by molar-refractivity contribution is 0.0975.